The predicted octanol–water partition coefficient (Wildman–Crippen LogP) is 3.28. The van der Waals surface area contributed by atoms with Crippen LogP contribution in [0.15, 0.2) is 0 Å². The van der Waals surface area contributed by atoms with Crippen LogP contribution in [0.25, 0.3) is 0 Å². The minimum Gasteiger partial charge on any atom is -0.311 e. The van der Waals surface area contributed by atoms with E-state index >= 15 is 0 Å². The van der Waals surface area contributed by atoms with E-state index in [9.17, 15) is 0 Å². The zero-order valence-corrected chi connectivity index (χ0v) is 13.3. The topological polar surface area (TPSA) is 15.3 Å². The molecule has 0 aromatic rings. The van der Waals surface area contributed by atoms with E-state index in [1.807, 2.05) is 0 Å². The van der Waals surface area contributed by atoms with Gasteiger partial charge in [-0.3, -0.25) is 4.90 Å². The second kappa shape index (κ2) is 4.73. The fourth-order valence-electron chi connectivity index (χ4n) is 3.70. The lowest BCUT2D eigenvalue weighted by molar-refractivity contribution is 0.0225. The maximum absolute atomic E-state index is 3.88. The Hall–Kier alpha value is -0.0800. The Labute approximate surface area is 119 Å². The first kappa shape index (κ1) is 13.9. The smallest absolute Gasteiger partial charge is 0.0334 e. The minimum absolute atomic E-state index is 0.441. The van der Waals surface area contributed by atoms with Crippen molar-refractivity contribution in [2.75, 3.05) is 19.6 Å². The minimum atomic E-state index is 0.441. The summed E-state index contributed by atoms with van der Waals surface area (Å²) in [6.45, 7) is 13.5. The first-order valence-electron chi connectivity index (χ1n) is 8.37. The molecule has 2 nitrogen and oxygen atoms in total. The van der Waals surface area contributed by atoms with Crippen LogP contribution < -0.4 is 5.32 Å². The lowest BCUT2D eigenvalue weighted by atomic mass is 9.86. The van der Waals surface area contributed by atoms with Gasteiger partial charge in [-0.25, -0.2) is 0 Å². The van der Waals surface area contributed by atoms with E-state index in [-0.39, 0.29) is 0 Å². The molecule has 0 spiro atoms. The van der Waals surface area contributed by atoms with Crippen molar-refractivity contribution >= 4 is 0 Å². The van der Waals surface area contributed by atoms with Gasteiger partial charge in [0.05, 0.1) is 0 Å². The summed E-state index contributed by atoms with van der Waals surface area (Å²) in [6, 6.07) is 0.784. The molecule has 3 rings (SSSR count). The third kappa shape index (κ3) is 3.16. The van der Waals surface area contributed by atoms with Crippen LogP contribution in [0.3, 0.4) is 0 Å². The highest BCUT2D eigenvalue weighted by Crippen LogP contribution is 2.46. The average Bonchev–Trinajstić information content (AvgIpc) is 3.16. The van der Waals surface area contributed by atoms with Crippen LogP contribution in [-0.4, -0.2) is 36.1 Å². The molecule has 1 heterocycles. The van der Waals surface area contributed by atoms with Gasteiger partial charge >= 0.3 is 0 Å². The van der Waals surface area contributed by atoms with Crippen LogP contribution >= 0.6 is 0 Å². The first-order valence-corrected chi connectivity index (χ1v) is 8.37. The highest BCUT2D eigenvalue weighted by molar-refractivity contribution is 5.06. The lowest BCUT2D eigenvalue weighted by Crippen LogP contribution is -2.65. The Balaban J connectivity index is 1.65. The van der Waals surface area contributed by atoms with Gasteiger partial charge in [0.25, 0.3) is 0 Å². The van der Waals surface area contributed by atoms with E-state index in [1.54, 1.807) is 0 Å². The van der Waals surface area contributed by atoms with E-state index in [2.05, 4.69) is 37.9 Å². The van der Waals surface area contributed by atoms with E-state index in [1.165, 1.54) is 51.7 Å². The summed E-state index contributed by atoms with van der Waals surface area (Å²) in [7, 11) is 0. The Morgan fingerprint density at radius 3 is 2.37 bits per heavy atom. The van der Waals surface area contributed by atoms with Gasteiger partial charge in [-0.15, -0.1) is 0 Å². The Morgan fingerprint density at radius 2 is 1.84 bits per heavy atom. The summed E-state index contributed by atoms with van der Waals surface area (Å²) in [5.41, 5.74) is 0.904. The van der Waals surface area contributed by atoms with Gasteiger partial charge in [-0.1, -0.05) is 20.8 Å². The Kier molecular flexibility index (Phi) is 3.46. The SMILES string of the molecule is CC(C)(C)CCN1CC(C2CC2)NCC1(C)C1CC1. The summed E-state index contributed by atoms with van der Waals surface area (Å²) < 4.78 is 0. The number of hydrogen-bond donors (Lipinski definition) is 1. The molecular formula is C17H32N2. The molecule has 2 heteroatoms. The van der Waals surface area contributed by atoms with Crippen molar-refractivity contribution < 1.29 is 0 Å². The second-order valence-electron chi connectivity index (χ2n) is 8.71. The van der Waals surface area contributed by atoms with Crippen molar-refractivity contribution in [2.45, 2.75) is 71.4 Å². The van der Waals surface area contributed by atoms with E-state index < -0.39 is 0 Å². The molecule has 3 fully saturated rings. The zero-order valence-electron chi connectivity index (χ0n) is 13.3. The molecule has 110 valence electrons. The summed E-state index contributed by atoms with van der Waals surface area (Å²) >= 11 is 0. The van der Waals surface area contributed by atoms with Gasteiger partial charge in [-0.2, -0.15) is 0 Å². The van der Waals surface area contributed by atoms with Gasteiger partial charge in [0.2, 0.25) is 0 Å². The van der Waals surface area contributed by atoms with E-state index in [0.717, 1.165) is 17.9 Å². The van der Waals surface area contributed by atoms with Crippen LogP contribution in [0.2, 0.25) is 0 Å². The maximum atomic E-state index is 3.88. The fraction of sp³-hybridized carbons (Fsp3) is 1.00. The first-order chi connectivity index (χ1) is 8.88. The zero-order chi connectivity index (χ0) is 13.7. The highest BCUT2D eigenvalue weighted by Gasteiger charge is 2.49. The lowest BCUT2D eigenvalue weighted by Gasteiger charge is -2.49. The number of nitrogens with one attached hydrogen (secondary N) is 1. The van der Waals surface area contributed by atoms with E-state index in [0.29, 0.717) is 11.0 Å². The molecule has 0 aromatic carbocycles. The van der Waals surface area contributed by atoms with Crippen LogP contribution in [0.4, 0.5) is 0 Å². The molecule has 2 atom stereocenters. The monoisotopic (exact) mass is 264 g/mol. The molecule has 0 bridgehead atoms. The number of hydrogen-bond acceptors (Lipinski definition) is 2. The number of nitrogens with zero attached hydrogens (tertiary/aromatic N) is 1. The molecular weight excluding hydrogens is 232 g/mol. The fourth-order valence-corrected chi connectivity index (χ4v) is 3.70. The summed E-state index contributed by atoms with van der Waals surface area (Å²) in [4.78, 5) is 2.86. The van der Waals surface area contributed by atoms with Gasteiger partial charge in [-0.05, 0) is 62.8 Å². The van der Waals surface area contributed by atoms with Crippen molar-refractivity contribution in [2.24, 2.45) is 17.3 Å². The van der Waals surface area contributed by atoms with Crippen molar-refractivity contribution in [3.63, 3.8) is 0 Å². The molecule has 0 aromatic heterocycles. The van der Waals surface area contributed by atoms with Crippen LogP contribution in [0.1, 0.15) is 59.8 Å². The molecule has 19 heavy (non-hydrogen) atoms. The van der Waals surface area contributed by atoms with Crippen molar-refractivity contribution in [3.05, 3.63) is 0 Å². The normalized spacial score (nSPS) is 37.6. The Bertz CT molecular complexity index is 325. The maximum Gasteiger partial charge on any atom is 0.0334 e. The summed E-state index contributed by atoms with van der Waals surface area (Å²) in [6.07, 6.45) is 7.17. The van der Waals surface area contributed by atoms with Crippen LogP contribution in [0.5, 0.6) is 0 Å². The quantitative estimate of drug-likeness (QED) is 0.838. The predicted molar refractivity (Wildman–Crippen MR) is 81.3 cm³/mol. The largest absolute Gasteiger partial charge is 0.311 e. The van der Waals surface area contributed by atoms with Crippen molar-refractivity contribution in [3.8, 4) is 0 Å². The van der Waals surface area contributed by atoms with E-state index in [4.69, 9.17) is 0 Å². The Morgan fingerprint density at radius 1 is 1.16 bits per heavy atom. The molecule has 0 amide bonds. The molecule has 2 saturated carbocycles. The van der Waals surface area contributed by atoms with Crippen molar-refractivity contribution in [1.29, 1.82) is 0 Å². The molecule has 1 N–H and O–H groups in total. The average molecular weight is 264 g/mol. The highest BCUT2D eigenvalue weighted by atomic mass is 15.3. The molecule has 2 unspecified atom stereocenters. The van der Waals surface area contributed by atoms with Gasteiger partial charge < -0.3 is 5.32 Å². The third-order valence-corrected chi connectivity index (χ3v) is 5.64. The number of rotatable bonds is 4. The second-order valence-corrected chi connectivity index (χ2v) is 8.71. The molecule has 0 radical (unpaired) electrons. The summed E-state index contributed by atoms with van der Waals surface area (Å²) in [5.74, 6) is 1.95. The molecule has 1 aliphatic heterocycles. The molecule has 2 aliphatic carbocycles. The van der Waals surface area contributed by atoms with Crippen LogP contribution in [0, 0.1) is 17.3 Å². The summed E-state index contributed by atoms with van der Waals surface area (Å²) in [5, 5.41) is 3.88. The third-order valence-electron chi connectivity index (χ3n) is 5.64. The van der Waals surface area contributed by atoms with Gasteiger partial charge in [0.15, 0.2) is 0 Å². The van der Waals surface area contributed by atoms with Crippen LogP contribution in [-0.2, 0) is 0 Å². The number of piperazine rings is 1. The molecule has 1 saturated heterocycles. The van der Waals surface area contributed by atoms with Gasteiger partial charge in [0, 0.05) is 24.7 Å². The molecule has 3 aliphatic rings. The standard InChI is InChI=1S/C17H32N2/c1-16(2,3)9-10-19-11-15(13-5-6-13)18-12-17(19,4)14-7-8-14/h13-15,18H,5-12H2,1-4H3. The van der Waals surface area contributed by atoms with Gasteiger partial charge in [0.1, 0.15) is 0 Å². The van der Waals surface area contributed by atoms with Crippen molar-refractivity contribution in [1.82, 2.24) is 10.2 Å².